The van der Waals surface area contributed by atoms with Gasteiger partial charge in [0.05, 0.1) is 0 Å². The van der Waals surface area contributed by atoms with Gasteiger partial charge in [0.15, 0.2) is 5.78 Å². The van der Waals surface area contributed by atoms with E-state index in [9.17, 15) is 9.59 Å². The molecule has 4 aromatic rings. The highest BCUT2D eigenvalue weighted by atomic mass is 16.5. The highest BCUT2D eigenvalue weighted by Crippen LogP contribution is 2.40. The Balaban J connectivity index is 0.000000151. The van der Waals surface area contributed by atoms with Crippen LogP contribution in [0, 0.1) is 23.7 Å². The van der Waals surface area contributed by atoms with E-state index in [1.54, 1.807) is 6.92 Å². The summed E-state index contributed by atoms with van der Waals surface area (Å²) in [5.74, 6) is 3.66. The summed E-state index contributed by atoms with van der Waals surface area (Å²) in [6.45, 7) is 16.7. The molecule has 9 nitrogen and oxygen atoms in total. The zero-order valence-corrected chi connectivity index (χ0v) is 36.3. The molecule has 2 saturated heterocycles. The van der Waals surface area contributed by atoms with Crippen LogP contribution in [0.25, 0.3) is 39.9 Å². The number of nitrogens with zero attached hydrogens (tertiary/aromatic N) is 3. The van der Waals surface area contributed by atoms with Crippen molar-refractivity contribution in [3.8, 4) is 17.0 Å². The Kier molecular flexibility index (Phi) is 14.0. The van der Waals surface area contributed by atoms with Crippen LogP contribution in [-0.4, -0.2) is 58.7 Å². The number of ketones is 1. The summed E-state index contributed by atoms with van der Waals surface area (Å²) < 4.78 is 8.13. The number of aliphatic hydroxyl groups excluding tert-OH is 1. The molecule has 5 aliphatic rings. The SMILES string of the molecule is C=C(C)c1cc(N2CC(CCCC3CC(CCO)C3)C2)ccc1C(C)=O.C=C1CCC(C)C(=O)N1.Cn1c2c(c3ccc(-c4ccc(OC5CCC5)nc4)cc31)=CNCC=2. The lowest BCUT2D eigenvalue weighted by molar-refractivity contribution is -0.124. The lowest BCUT2D eigenvalue weighted by atomic mass is 9.71. The molecule has 9 rings (SSSR count). The normalized spacial score (nSPS) is 20.8. The van der Waals surface area contributed by atoms with Gasteiger partial charge in [0.1, 0.15) is 6.10 Å². The van der Waals surface area contributed by atoms with E-state index in [4.69, 9.17) is 9.84 Å². The van der Waals surface area contributed by atoms with Crippen LogP contribution in [0.15, 0.2) is 73.6 Å². The maximum absolute atomic E-state index is 11.8. The number of hydrogen-bond donors (Lipinski definition) is 3. The Hall–Kier alpha value is -5.15. The summed E-state index contributed by atoms with van der Waals surface area (Å²) in [5, 5.41) is 18.8. The van der Waals surface area contributed by atoms with Gasteiger partial charge in [-0.2, -0.15) is 0 Å². The minimum Gasteiger partial charge on any atom is -0.474 e. The first-order valence-corrected chi connectivity index (χ1v) is 22.3. The number of piperidine rings is 1. The smallest absolute Gasteiger partial charge is 0.226 e. The van der Waals surface area contributed by atoms with Gasteiger partial charge in [0.25, 0.3) is 0 Å². The Labute approximate surface area is 356 Å². The van der Waals surface area contributed by atoms with Crippen LogP contribution in [0.1, 0.15) is 107 Å². The number of carbonyl (C=O) groups excluding carboxylic acids is 2. The molecule has 0 radical (unpaired) electrons. The zero-order chi connectivity index (χ0) is 42.3. The molecule has 2 aromatic heterocycles. The van der Waals surface area contributed by atoms with Crippen LogP contribution in [0.4, 0.5) is 5.69 Å². The largest absolute Gasteiger partial charge is 0.474 e. The molecule has 1 atom stereocenters. The van der Waals surface area contributed by atoms with Crippen molar-refractivity contribution >= 4 is 46.1 Å². The van der Waals surface area contributed by atoms with Crippen molar-refractivity contribution in [2.45, 2.75) is 97.5 Å². The topological polar surface area (TPSA) is 109 Å². The summed E-state index contributed by atoms with van der Waals surface area (Å²) in [6.07, 6.45) is 19.8. The monoisotopic (exact) mass is 812 g/mol. The number of ether oxygens (including phenoxy) is 1. The van der Waals surface area contributed by atoms with Crippen LogP contribution in [0.3, 0.4) is 0 Å². The molecule has 1 amide bonds. The fraction of sp³-hybridized carbons (Fsp3) is 0.471. The number of aryl methyl sites for hydroxylation is 1. The number of carbonyl (C=O) groups is 2. The quantitative estimate of drug-likeness (QED) is 0.124. The minimum atomic E-state index is 0.105. The average Bonchev–Trinajstić information content (AvgIpc) is 3.48. The average molecular weight is 812 g/mol. The van der Waals surface area contributed by atoms with Gasteiger partial charge in [-0.05, 0) is 137 Å². The number of allylic oxidation sites excluding steroid dienone is 2. The number of aliphatic hydroxyl groups is 1. The number of amides is 1. The van der Waals surface area contributed by atoms with Gasteiger partial charge in [0.2, 0.25) is 11.8 Å². The number of Topliss-reactive ketones (excluding diaryl/α,β-unsaturated/α-hetero) is 1. The molecule has 1 unspecified atom stereocenters. The molecule has 3 aliphatic heterocycles. The first kappa shape index (κ1) is 43.0. The number of anilines is 1. The van der Waals surface area contributed by atoms with Gasteiger partial charge in [0, 0.05) is 102 Å². The first-order chi connectivity index (χ1) is 29.0. The molecule has 2 aromatic carbocycles. The molecular weight excluding hydrogens is 747 g/mol. The number of rotatable bonds is 12. The maximum Gasteiger partial charge on any atom is 0.226 e. The lowest BCUT2D eigenvalue weighted by Crippen LogP contribution is -2.46. The molecular formula is C51H65N5O4. The molecule has 4 fully saturated rings. The van der Waals surface area contributed by atoms with Crippen LogP contribution in [-0.2, 0) is 11.8 Å². The van der Waals surface area contributed by atoms with Crippen molar-refractivity contribution in [1.82, 2.24) is 20.2 Å². The molecule has 0 spiro atoms. The Bertz CT molecular complexity index is 2310. The van der Waals surface area contributed by atoms with Crippen molar-refractivity contribution in [3.63, 3.8) is 0 Å². The van der Waals surface area contributed by atoms with Gasteiger partial charge in [-0.15, -0.1) is 0 Å². The van der Waals surface area contributed by atoms with Crippen molar-refractivity contribution < 1.29 is 19.4 Å². The summed E-state index contributed by atoms with van der Waals surface area (Å²) in [4.78, 5) is 29.5. The zero-order valence-electron chi connectivity index (χ0n) is 36.3. The third-order valence-corrected chi connectivity index (χ3v) is 13.2. The van der Waals surface area contributed by atoms with Gasteiger partial charge in [-0.1, -0.05) is 50.6 Å². The van der Waals surface area contributed by atoms with E-state index in [-0.39, 0.29) is 17.6 Å². The van der Waals surface area contributed by atoms with Crippen LogP contribution >= 0.6 is 0 Å². The molecule has 60 heavy (non-hydrogen) atoms. The van der Waals surface area contributed by atoms with E-state index in [0.717, 1.165) is 103 Å². The standard InChI is InChI=1S/C23H33NO2.C21H21N3O.C7H11NO/c1-16(2)23-13-21(7-8-22(23)17(3)26)24-14-20(15-24)6-4-5-18-11-19(12-18)9-10-25;1-24-19-9-10-22-13-18(19)17-7-5-14(11-20(17)24)15-6-8-21(23-12-15)25-16-3-2-4-16;1-5-3-4-6(2)8-7(5)9/h7-8,13,18-20,25H,1,4-6,9-12,14-15H2,2-3H3;5-9,11-13,16,22H,2-4,10H2,1H3;5H,2-4H2,1H3,(H,8,9). The van der Waals surface area contributed by atoms with E-state index in [1.165, 1.54) is 71.2 Å². The highest BCUT2D eigenvalue weighted by Gasteiger charge is 2.30. The molecule has 5 heterocycles. The Morgan fingerprint density at radius 2 is 1.70 bits per heavy atom. The number of nitrogens with one attached hydrogen (secondary N) is 2. The summed E-state index contributed by atoms with van der Waals surface area (Å²) in [5.41, 5.74) is 8.34. The van der Waals surface area contributed by atoms with Crippen LogP contribution in [0.2, 0.25) is 0 Å². The minimum absolute atomic E-state index is 0.105. The molecule has 2 aliphatic carbocycles. The molecule has 2 saturated carbocycles. The molecule has 318 valence electrons. The third kappa shape index (κ3) is 10.2. The van der Waals surface area contributed by atoms with Crippen LogP contribution in [0.5, 0.6) is 5.88 Å². The van der Waals surface area contributed by atoms with Gasteiger partial charge in [-0.25, -0.2) is 4.98 Å². The number of aromatic nitrogens is 2. The summed E-state index contributed by atoms with van der Waals surface area (Å²) in [7, 11) is 2.13. The van der Waals surface area contributed by atoms with Gasteiger partial charge >= 0.3 is 0 Å². The Morgan fingerprint density at radius 1 is 0.950 bits per heavy atom. The third-order valence-electron chi connectivity index (χ3n) is 13.2. The predicted octanol–water partition coefficient (Wildman–Crippen LogP) is 8.28. The second-order valence-corrected chi connectivity index (χ2v) is 17.9. The Morgan fingerprint density at radius 3 is 2.35 bits per heavy atom. The predicted molar refractivity (Wildman–Crippen MR) is 245 cm³/mol. The van der Waals surface area contributed by atoms with Crippen molar-refractivity contribution in [2.24, 2.45) is 30.7 Å². The van der Waals surface area contributed by atoms with Crippen molar-refractivity contribution in [2.75, 3.05) is 31.1 Å². The number of hydrogen-bond acceptors (Lipinski definition) is 7. The molecule has 3 N–H and O–H groups in total. The fourth-order valence-electron chi connectivity index (χ4n) is 9.12. The lowest BCUT2D eigenvalue weighted by Gasteiger charge is -2.42. The molecule has 0 bridgehead atoms. The molecule has 9 heteroatoms. The second kappa shape index (κ2) is 19.5. The number of pyridine rings is 1. The van der Waals surface area contributed by atoms with E-state index in [1.807, 2.05) is 32.2 Å². The van der Waals surface area contributed by atoms with E-state index >= 15 is 0 Å². The maximum atomic E-state index is 11.8. The van der Waals surface area contributed by atoms with Crippen molar-refractivity contribution in [1.29, 1.82) is 0 Å². The van der Waals surface area contributed by atoms with Gasteiger partial charge < -0.3 is 29.9 Å². The van der Waals surface area contributed by atoms with E-state index in [2.05, 4.69) is 94.0 Å². The number of fused-ring (bicyclic) bond motifs is 3. The van der Waals surface area contributed by atoms with Crippen LogP contribution < -0.4 is 30.8 Å². The fourth-order valence-corrected chi connectivity index (χ4v) is 9.12. The number of benzene rings is 2. The highest BCUT2D eigenvalue weighted by molar-refractivity contribution is 5.99. The summed E-state index contributed by atoms with van der Waals surface area (Å²) in [6, 6.07) is 16.9. The van der Waals surface area contributed by atoms with E-state index in [0.29, 0.717) is 12.7 Å². The van der Waals surface area contributed by atoms with Gasteiger partial charge in [-0.3, -0.25) is 9.59 Å². The first-order valence-electron chi connectivity index (χ1n) is 22.3. The van der Waals surface area contributed by atoms with E-state index < -0.39 is 0 Å². The van der Waals surface area contributed by atoms with Crippen molar-refractivity contribution in [3.05, 3.63) is 95.3 Å². The second-order valence-electron chi connectivity index (χ2n) is 17.9. The summed E-state index contributed by atoms with van der Waals surface area (Å²) >= 11 is 0.